The lowest BCUT2D eigenvalue weighted by atomic mass is 9.91. The minimum absolute atomic E-state index is 0.307. The zero-order valence-corrected chi connectivity index (χ0v) is 13.0. The third kappa shape index (κ3) is 3.70. The first kappa shape index (κ1) is 14.7. The van der Waals surface area contributed by atoms with Crippen molar-refractivity contribution in [2.45, 2.75) is 63.5 Å². The number of nitrogen functional groups attached to an aromatic ring is 1. The molecule has 0 amide bonds. The lowest BCUT2D eigenvalue weighted by molar-refractivity contribution is 0.0380. The van der Waals surface area contributed by atoms with Gasteiger partial charge in [-0.15, -0.1) is 0 Å². The van der Waals surface area contributed by atoms with E-state index in [0.29, 0.717) is 12.1 Å². The van der Waals surface area contributed by atoms with E-state index in [-0.39, 0.29) is 0 Å². The van der Waals surface area contributed by atoms with Gasteiger partial charge in [0, 0.05) is 6.04 Å². The Hall–Kier alpha value is -1.22. The summed E-state index contributed by atoms with van der Waals surface area (Å²) in [6.45, 7) is 2.49. The van der Waals surface area contributed by atoms with Crippen molar-refractivity contribution in [2.24, 2.45) is 0 Å². The Morgan fingerprint density at radius 2 is 1.62 bits per heavy atom. The van der Waals surface area contributed by atoms with Gasteiger partial charge in [-0.25, -0.2) is 0 Å². The number of nitrogens with zero attached hydrogens (tertiary/aromatic N) is 1. The van der Waals surface area contributed by atoms with Gasteiger partial charge in [-0.1, -0.05) is 31.4 Å². The van der Waals surface area contributed by atoms with Crippen molar-refractivity contribution < 1.29 is 4.74 Å². The fraction of sp³-hybridized carbons (Fsp3) is 0.667. The molecule has 2 aliphatic rings. The van der Waals surface area contributed by atoms with Crippen LogP contribution in [0.4, 0.5) is 5.69 Å². The Kier molecular flexibility index (Phi) is 5.02. The maximum Gasteiger partial charge on any atom is 0.142 e. The fourth-order valence-corrected chi connectivity index (χ4v) is 3.81. The Bertz CT molecular complexity index is 441. The molecule has 2 fully saturated rings. The zero-order valence-electron chi connectivity index (χ0n) is 13.0. The van der Waals surface area contributed by atoms with Crippen LogP contribution < -0.4 is 10.5 Å². The average Bonchev–Trinajstić information content (AvgIpc) is 2.79. The van der Waals surface area contributed by atoms with Crippen molar-refractivity contribution in [1.82, 2.24) is 4.90 Å². The highest BCUT2D eigenvalue weighted by atomic mass is 16.5. The maximum atomic E-state index is 6.33. The molecule has 3 heteroatoms. The average molecular weight is 288 g/mol. The van der Waals surface area contributed by atoms with Gasteiger partial charge < -0.3 is 10.5 Å². The van der Waals surface area contributed by atoms with E-state index >= 15 is 0 Å². The Labute approximate surface area is 128 Å². The predicted octanol–water partition coefficient (Wildman–Crippen LogP) is 3.83. The van der Waals surface area contributed by atoms with E-state index in [9.17, 15) is 0 Å². The van der Waals surface area contributed by atoms with E-state index in [1.165, 1.54) is 58.0 Å². The van der Waals surface area contributed by atoms with Gasteiger partial charge in [-0.05, 0) is 57.3 Å². The topological polar surface area (TPSA) is 38.5 Å². The summed E-state index contributed by atoms with van der Waals surface area (Å²) in [5.41, 5.74) is 6.81. The summed E-state index contributed by atoms with van der Waals surface area (Å²) in [7, 11) is 0. The van der Waals surface area contributed by atoms with Gasteiger partial charge in [-0.2, -0.15) is 0 Å². The van der Waals surface area contributed by atoms with Crippen molar-refractivity contribution in [3.8, 4) is 5.75 Å². The second-order valence-electron chi connectivity index (χ2n) is 6.50. The smallest absolute Gasteiger partial charge is 0.142 e. The van der Waals surface area contributed by atoms with E-state index in [1.54, 1.807) is 0 Å². The number of benzene rings is 1. The molecular weight excluding hydrogens is 260 g/mol. The molecule has 0 radical (unpaired) electrons. The van der Waals surface area contributed by atoms with Crippen molar-refractivity contribution >= 4 is 5.69 Å². The van der Waals surface area contributed by atoms with Crippen LogP contribution in [-0.2, 0) is 0 Å². The molecule has 116 valence electrons. The van der Waals surface area contributed by atoms with Crippen LogP contribution >= 0.6 is 0 Å². The molecule has 21 heavy (non-hydrogen) atoms. The van der Waals surface area contributed by atoms with Gasteiger partial charge in [0.1, 0.15) is 11.9 Å². The van der Waals surface area contributed by atoms with Crippen molar-refractivity contribution in [1.29, 1.82) is 0 Å². The minimum atomic E-state index is 0.307. The highest BCUT2D eigenvalue weighted by Crippen LogP contribution is 2.31. The molecule has 0 bridgehead atoms. The first-order valence-corrected chi connectivity index (χ1v) is 8.60. The van der Waals surface area contributed by atoms with Crippen LogP contribution in [-0.4, -0.2) is 30.1 Å². The van der Waals surface area contributed by atoms with Gasteiger partial charge in [-0.3, -0.25) is 4.90 Å². The monoisotopic (exact) mass is 288 g/mol. The number of rotatable bonds is 3. The molecule has 0 aromatic heterocycles. The van der Waals surface area contributed by atoms with E-state index in [2.05, 4.69) is 4.90 Å². The number of ether oxygens (including phenoxy) is 1. The molecule has 0 spiro atoms. The second-order valence-corrected chi connectivity index (χ2v) is 6.50. The third-order valence-electron chi connectivity index (χ3n) is 4.97. The third-order valence-corrected chi connectivity index (χ3v) is 4.97. The SMILES string of the molecule is Nc1ccccc1OC1CCCCC1N1CCCCCC1. The predicted molar refractivity (Wildman–Crippen MR) is 87.6 cm³/mol. The number of hydrogen-bond donors (Lipinski definition) is 1. The molecule has 1 aliphatic carbocycles. The van der Waals surface area contributed by atoms with Crippen LogP contribution in [0.25, 0.3) is 0 Å². The number of para-hydroxylation sites is 2. The normalized spacial score (nSPS) is 28.0. The van der Waals surface area contributed by atoms with Crippen LogP contribution in [0.3, 0.4) is 0 Å². The summed E-state index contributed by atoms with van der Waals surface area (Å²) in [6.07, 6.45) is 10.8. The van der Waals surface area contributed by atoms with Gasteiger partial charge in [0.25, 0.3) is 0 Å². The molecule has 1 aliphatic heterocycles. The van der Waals surface area contributed by atoms with Crippen LogP contribution in [0.1, 0.15) is 51.4 Å². The Balaban J connectivity index is 1.70. The first-order chi connectivity index (χ1) is 10.3. The molecule has 1 aromatic rings. The fourth-order valence-electron chi connectivity index (χ4n) is 3.81. The van der Waals surface area contributed by atoms with Crippen LogP contribution in [0.15, 0.2) is 24.3 Å². The van der Waals surface area contributed by atoms with Gasteiger partial charge in [0.05, 0.1) is 5.69 Å². The molecule has 2 unspecified atom stereocenters. The van der Waals surface area contributed by atoms with Crippen LogP contribution in [0.2, 0.25) is 0 Å². The number of likely N-dealkylation sites (tertiary alicyclic amines) is 1. The Morgan fingerprint density at radius 3 is 2.38 bits per heavy atom. The molecule has 2 N–H and O–H groups in total. The van der Waals surface area contributed by atoms with E-state index in [1.807, 2.05) is 24.3 Å². The first-order valence-electron chi connectivity index (χ1n) is 8.60. The van der Waals surface area contributed by atoms with Crippen LogP contribution in [0.5, 0.6) is 5.75 Å². The van der Waals surface area contributed by atoms with Crippen LogP contribution in [0, 0.1) is 0 Å². The number of nitrogens with two attached hydrogens (primary N) is 1. The van der Waals surface area contributed by atoms with E-state index in [4.69, 9.17) is 10.5 Å². The van der Waals surface area contributed by atoms with Crippen molar-refractivity contribution in [2.75, 3.05) is 18.8 Å². The molecule has 1 saturated heterocycles. The molecule has 2 atom stereocenters. The number of hydrogen-bond acceptors (Lipinski definition) is 3. The largest absolute Gasteiger partial charge is 0.487 e. The molecular formula is C18H28N2O. The van der Waals surface area contributed by atoms with Crippen molar-refractivity contribution in [3.63, 3.8) is 0 Å². The highest BCUT2D eigenvalue weighted by molar-refractivity contribution is 5.51. The van der Waals surface area contributed by atoms with Gasteiger partial charge in [0.2, 0.25) is 0 Å². The second kappa shape index (κ2) is 7.17. The summed E-state index contributed by atoms with van der Waals surface area (Å²) in [5.74, 6) is 0.865. The minimum Gasteiger partial charge on any atom is -0.487 e. The highest BCUT2D eigenvalue weighted by Gasteiger charge is 2.32. The quantitative estimate of drug-likeness (QED) is 0.859. The molecule has 1 saturated carbocycles. The zero-order chi connectivity index (χ0) is 14.5. The molecule has 3 rings (SSSR count). The summed E-state index contributed by atoms with van der Waals surface area (Å²) in [4.78, 5) is 2.69. The summed E-state index contributed by atoms with van der Waals surface area (Å²) >= 11 is 0. The van der Waals surface area contributed by atoms with Crippen molar-refractivity contribution in [3.05, 3.63) is 24.3 Å². The van der Waals surface area contributed by atoms with E-state index < -0.39 is 0 Å². The van der Waals surface area contributed by atoms with Gasteiger partial charge in [0.15, 0.2) is 0 Å². The Morgan fingerprint density at radius 1 is 0.905 bits per heavy atom. The molecule has 3 nitrogen and oxygen atoms in total. The molecule has 1 heterocycles. The summed E-state index contributed by atoms with van der Waals surface area (Å²) < 4.78 is 6.33. The lowest BCUT2D eigenvalue weighted by Gasteiger charge is -2.39. The standard InChI is InChI=1S/C18H28N2O/c19-15-9-3-5-11-17(15)21-18-12-6-4-10-16(18)20-13-7-1-2-8-14-20/h3,5,9,11,16,18H,1-2,4,6-8,10,12-14,19H2. The molecule has 1 aromatic carbocycles. The number of anilines is 1. The maximum absolute atomic E-state index is 6.33. The van der Waals surface area contributed by atoms with Gasteiger partial charge >= 0.3 is 0 Å². The summed E-state index contributed by atoms with van der Waals surface area (Å²) in [5, 5.41) is 0. The lowest BCUT2D eigenvalue weighted by Crippen LogP contribution is -2.48. The summed E-state index contributed by atoms with van der Waals surface area (Å²) in [6, 6.07) is 8.49. The van der Waals surface area contributed by atoms with E-state index in [0.717, 1.165) is 17.9 Å².